The highest BCUT2D eigenvalue weighted by atomic mass is 16.3. The number of aromatic hydroxyl groups is 1. The van der Waals surface area contributed by atoms with Gasteiger partial charge < -0.3 is 15.5 Å². The summed E-state index contributed by atoms with van der Waals surface area (Å²) in [5.41, 5.74) is 1.90. The lowest BCUT2D eigenvalue weighted by atomic mass is 9.98. The minimum absolute atomic E-state index is 0.248. The summed E-state index contributed by atoms with van der Waals surface area (Å²) in [6.07, 6.45) is 1.52. The molecular weight excluding hydrogens is 178 g/mol. The van der Waals surface area contributed by atoms with Crippen molar-refractivity contribution >= 4 is 5.57 Å². The first-order chi connectivity index (χ1) is 6.77. The molecule has 0 aliphatic carbocycles. The van der Waals surface area contributed by atoms with Crippen molar-refractivity contribution < 1.29 is 10.2 Å². The Balaban J connectivity index is 2.29. The van der Waals surface area contributed by atoms with Gasteiger partial charge >= 0.3 is 0 Å². The van der Waals surface area contributed by atoms with E-state index in [2.05, 4.69) is 5.32 Å². The summed E-state index contributed by atoms with van der Waals surface area (Å²) < 4.78 is 0. The van der Waals surface area contributed by atoms with E-state index in [4.69, 9.17) is 5.11 Å². The van der Waals surface area contributed by atoms with Crippen LogP contribution in [0.4, 0.5) is 0 Å². The molecule has 14 heavy (non-hydrogen) atoms. The summed E-state index contributed by atoms with van der Waals surface area (Å²) in [6.45, 7) is 1.37. The molecule has 1 heterocycles. The number of phenols is 1. The molecular formula is C11H13NO2. The molecule has 1 aliphatic heterocycles. The van der Waals surface area contributed by atoms with Gasteiger partial charge in [-0.15, -0.1) is 0 Å². The molecule has 1 aliphatic rings. The van der Waals surface area contributed by atoms with Gasteiger partial charge in [0.2, 0.25) is 0 Å². The van der Waals surface area contributed by atoms with Crippen molar-refractivity contribution in [3.8, 4) is 5.75 Å². The Morgan fingerprint density at radius 3 is 2.57 bits per heavy atom. The Morgan fingerprint density at radius 2 is 1.93 bits per heavy atom. The van der Waals surface area contributed by atoms with Crippen LogP contribution in [0.25, 0.3) is 5.57 Å². The number of nitrogens with one attached hydrogen (secondary N) is 1. The molecule has 0 amide bonds. The van der Waals surface area contributed by atoms with E-state index in [0.29, 0.717) is 6.54 Å². The van der Waals surface area contributed by atoms with Crippen molar-refractivity contribution in [2.75, 3.05) is 13.1 Å². The van der Waals surface area contributed by atoms with E-state index in [9.17, 15) is 5.11 Å². The predicted molar refractivity (Wildman–Crippen MR) is 55.0 cm³/mol. The zero-order valence-electron chi connectivity index (χ0n) is 7.77. The number of hydrogen-bond donors (Lipinski definition) is 3. The second kappa shape index (κ2) is 3.82. The van der Waals surface area contributed by atoms with E-state index in [0.717, 1.165) is 17.7 Å². The predicted octanol–water partition coefficient (Wildman–Crippen LogP) is 0.740. The van der Waals surface area contributed by atoms with Crippen LogP contribution in [-0.4, -0.2) is 29.4 Å². The van der Waals surface area contributed by atoms with Crippen molar-refractivity contribution in [3.63, 3.8) is 0 Å². The molecule has 0 radical (unpaired) electrons. The highest BCUT2D eigenvalue weighted by Gasteiger charge is 2.15. The van der Waals surface area contributed by atoms with Crippen LogP contribution in [0.2, 0.25) is 0 Å². The molecule has 3 N–H and O–H groups in total. The molecule has 0 saturated carbocycles. The number of hydrogen-bond acceptors (Lipinski definition) is 3. The van der Waals surface area contributed by atoms with E-state index >= 15 is 0 Å². The maximum absolute atomic E-state index is 9.70. The second-order valence-electron chi connectivity index (χ2n) is 3.38. The Hall–Kier alpha value is -1.32. The third-order valence-corrected chi connectivity index (χ3v) is 2.36. The van der Waals surface area contributed by atoms with Gasteiger partial charge in [0.05, 0.1) is 6.10 Å². The Bertz CT molecular complexity index is 343. The molecule has 0 spiro atoms. The van der Waals surface area contributed by atoms with Crippen LogP contribution in [-0.2, 0) is 0 Å². The fourth-order valence-corrected chi connectivity index (χ4v) is 1.61. The zero-order valence-corrected chi connectivity index (χ0v) is 7.77. The summed E-state index contributed by atoms with van der Waals surface area (Å²) in [6, 6.07) is 6.89. The number of benzene rings is 1. The second-order valence-corrected chi connectivity index (χ2v) is 3.38. The first-order valence-corrected chi connectivity index (χ1v) is 4.65. The molecule has 0 bridgehead atoms. The number of aliphatic hydroxyl groups excluding tert-OH is 1. The monoisotopic (exact) mass is 191 g/mol. The normalized spacial score (nSPS) is 21.8. The van der Waals surface area contributed by atoms with Crippen LogP contribution >= 0.6 is 0 Å². The van der Waals surface area contributed by atoms with Gasteiger partial charge in [0.25, 0.3) is 0 Å². The number of β-amino-alcohol motifs (C(OH)–C–C–N with tert-alkyl or cyclic N) is 1. The van der Waals surface area contributed by atoms with E-state index in [1.54, 1.807) is 12.1 Å². The first kappa shape index (κ1) is 9.24. The van der Waals surface area contributed by atoms with Gasteiger partial charge in [-0.1, -0.05) is 18.2 Å². The molecule has 1 aromatic rings. The topological polar surface area (TPSA) is 52.5 Å². The van der Waals surface area contributed by atoms with Gasteiger partial charge in [0.1, 0.15) is 5.75 Å². The third kappa shape index (κ3) is 1.78. The largest absolute Gasteiger partial charge is 0.508 e. The first-order valence-electron chi connectivity index (χ1n) is 4.65. The van der Waals surface area contributed by atoms with Gasteiger partial charge in [0.15, 0.2) is 0 Å². The molecule has 0 saturated heterocycles. The van der Waals surface area contributed by atoms with Crippen LogP contribution in [0.1, 0.15) is 5.56 Å². The van der Waals surface area contributed by atoms with E-state index in [-0.39, 0.29) is 5.75 Å². The molecule has 0 aromatic heterocycles. The fraction of sp³-hybridized carbons (Fsp3) is 0.273. The molecule has 3 heteroatoms. The molecule has 2 rings (SSSR count). The van der Waals surface area contributed by atoms with Crippen molar-refractivity contribution in [3.05, 3.63) is 35.9 Å². The van der Waals surface area contributed by atoms with Crippen LogP contribution < -0.4 is 5.32 Å². The maximum atomic E-state index is 9.70. The summed E-state index contributed by atoms with van der Waals surface area (Å²) in [7, 11) is 0. The van der Waals surface area contributed by atoms with Crippen LogP contribution in [0, 0.1) is 0 Å². The highest BCUT2D eigenvalue weighted by Crippen LogP contribution is 2.21. The summed E-state index contributed by atoms with van der Waals surface area (Å²) >= 11 is 0. The average molecular weight is 191 g/mol. The van der Waals surface area contributed by atoms with Crippen molar-refractivity contribution in [1.29, 1.82) is 0 Å². The van der Waals surface area contributed by atoms with Gasteiger partial charge in [-0.2, -0.15) is 0 Å². The van der Waals surface area contributed by atoms with Crippen molar-refractivity contribution in [2.45, 2.75) is 6.10 Å². The summed E-state index contributed by atoms with van der Waals surface area (Å²) in [4.78, 5) is 0. The molecule has 1 unspecified atom stereocenters. The molecule has 1 atom stereocenters. The SMILES string of the molecule is Oc1ccc(C2=CCNCC2O)cc1. The molecule has 3 nitrogen and oxygen atoms in total. The Morgan fingerprint density at radius 1 is 1.21 bits per heavy atom. The van der Waals surface area contributed by atoms with Gasteiger partial charge in [-0.25, -0.2) is 0 Å². The van der Waals surface area contributed by atoms with Crippen molar-refractivity contribution in [2.24, 2.45) is 0 Å². The Kier molecular flexibility index (Phi) is 2.52. The van der Waals surface area contributed by atoms with Crippen molar-refractivity contribution in [1.82, 2.24) is 5.32 Å². The van der Waals surface area contributed by atoms with Crippen LogP contribution in [0.15, 0.2) is 30.3 Å². The van der Waals surface area contributed by atoms with Crippen LogP contribution in [0.3, 0.4) is 0 Å². The lowest BCUT2D eigenvalue weighted by Crippen LogP contribution is -2.32. The number of aliphatic hydroxyl groups is 1. The van der Waals surface area contributed by atoms with E-state index in [1.165, 1.54) is 0 Å². The lowest BCUT2D eigenvalue weighted by molar-refractivity contribution is 0.225. The van der Waals surface area contributed by atoms with E-state index in [1.807, 2.05) is 18.2 Å². The lowest BCUT2D eigenvalue weighted by Gasteiger charge is -2.20. The third-order valence-electron chi connectivity index (χ3n) is 2.36. The quantitative estimate of drug-likeness (QED) is 0.613. The van der Waals surface area contributed by atoms with Gasteiger partial charge in [0, 0.05) is 13.1 Å². The smallest absolute Gasteiger partial charge is 0.115 e. The van der Waals surface area contributed by atoms with E-state index < -0.39 is 6.10 Å². The maximum Gasteiger partial charge on any atom is 0.115 e. The molecule has 1 aromatic carbocycles. The minimum atomic E-state index is -0.451. The molecule has 0 fully saturated rings. The fourth-order valence-electron chi connectivity index (χ4n) is 1.61. The standard InChI is InChI=1S/C11H13NO2/c13-9-3-1-8(2-4-9)10-5-6-12-7-11(10)14/h1-5,11-14H,6-7H2. The average Bonchev–Trinajstić information content (AvgIpc) is 2.20. The zero-order chi connectivity index (χ0) is 9.97. The van der Waals surface area contributed by atoms with Gasteiger partial charge in [-0.3, -0.25) is 0 Å². The van der Waals surface area contributed by atoms with Crippen LogP contribution in [0.5, 0.6) is 5.75 Å². The minimum Gasteiger partial charge on any atom is -0.508 e. The number of rotatable bonds is 1. The molecule has 74 valence electrons. The Labute approximate surface area is 82.7 Å². The summed E-state index contributed by atoms with van der Waals surface area (Å²) in [5, 5.41) is 21.9. The summed E-state index contributed by atoms with van der Waals surface area (Å²) in [5.74, 6) is 0.248. The number of phenolic OH excluding ortho intramolecular Hbond substituents is 1. The highest BCUT2D eigenvalue weighted by molar-refractivity contribution is 5.70. The van der Waals surface area contributed by atoms with Gasteiger partial charge in [-0.05, 0) is 23.3 Å².